The Morgan fingerprint density at radius 1 is 1.44 bits per heavy atom. The summed E-state index contributed by atoms with van der Waals surface area (Å²) in [5.41, 5.74) is -0.209. The van der Waals surface area contributed by atoms with Gasteiger partial charge in [-0.2, -0.15) is 5.10 Å². The molecule has 2 heterocycles. The van der Waals surface area contributed by atoms with Crippen molar-refractivity contribution < 1.29 is 18.3 Å². The number of hydrogen-bond donors (Lipinski definition) is 3. The number of carboxylic acids is 1. The van der Waals surface area contributed by atoms with Crippen molar-refractivity contribution in [2.24, 2.45) is 0 Å². The Bertz CT molecular complexity index is 665. The molecule has 9 heteroatoms. The summed E-state index contributed by atoms with van der Waals surface area (Å²) in [5, 5.41) is 14.4. The molecule has 0 aromatic carbocycles. The zero-order valence-electron chi connectivity index (χ0n) is 8.86. The van der Waals surface area contributed by atoms with Gasteiger partial charge in [-0.25, -0.2) is 13.2 Å². The molecular weight excluding hydrogens is 260 g/mol. The van der Waals surface area contributed by atoms with Gasteiger partial charge < -0.3 is 5.11 Å². The van der Waals surface area contributed by atoms with Crippen LogP contribution in [0.1, 0.15) is 10.5 Å². The highest BCUT2D eigenvalue weighted by Gasteiger charge is 2.16. The fraction of sp³-hybridized carbons (Fsp3) is 0. The van der Waals surface area contributed by atoms with Crippen molar-refractivity contribution in [3.8, 4) is 0 Å². The lowest BCUT2D eigenvalue weighted by atomic mass is 10.4. The van der Waals surface area contributed by atoms with Crippen LogP contribution in [0.5, 0.6) is 0 Å². The highest BCUT2D eigenvalue weighted by atomic mass is 32.2. The first-order chi connectivity index (χ1) is 8.49. The molecule has 2 aromatic rings. The topological polar surface area (TPSA) is 125 Å². The summed E-state index contributed by atoms with van der Waals surface area (Å²) in [7, 11) is -3.81. The Labute approximate surface area is 102 Å². The van der Waals surface area contributed by atoms with E-state index in [0.29, 0.717) is 0 Å². The maximum atomic E-state index is 11.8. The average Bonchev–Trinajstić information content (AvgIpc) is 2.78. The van der Waals surface area contributed by atoms with Crippen molar-refractivity contribution in [1.29, 1.82) is 0 Å². The summed E-state index contributed by atoms with van der Waals surface area (Å²) in [5.74, 6) is -1.33. The molecule has 0 radical (unpaired) electrons. The third-order valence-electron chi connectivity index (χ3n) is 1.99. The molecule has 0 aliphatic rings. The van der Waals surface area contributed by atoms with Gasteiger partial charge >= 0.3 is 5.97 Å². The van der Waals surface area contributed by atoms with Crippen LogP contribution in [-0.4, -0.2) is 34.7 Å². The van der Waals surface area contributed by atoms with E-state index in [9.17, 15) is 13.2 Å². The van der Waals surface area contributed by atoms with Crippen LogP contribution in [0.4, 0.5) is 5.82 Å². The standard InChI is InChI=1S/C9H8N4O4S/c14-9(15)7-4-8(12-11-7)13-18(16,17)6-2-1-3-10-5-6/h1-5H,(H,14,15)(H2,11,12,13). The molecule has 0 bridgehead atoms. The highest BCUT2D eigenvalue weighted by Crippen LogP contribution is 2.13. The number of H-pyrrole nitrogens is 1. The van der Waals surface area contributed by atoms with E-state index < -0.39 is 16.0 Å². The summed E-state index contributed by atoms with van der Waals surface area (Å²) in [6.07, 6.45) is 2.61. The molecule has 0 fully saturated rings. The average molecular weight is 268 g/mol. The number of aromatic amines is 1. The summed E-state index contributed by atoms with van der Waals surface area (Å²) in [6.45, 7) is 0. The number of rotatable bonds is 4. The quantitative estimate of drug-likeness (QED) is 0.732. The molecule has 0 aliphatic heterocycles. The number of nitrogens with zero attached hydrogens (tertiary/aromatic N) is 2. The molecule has 0 saturated heterocycles. The monoisotopic (exact) mass is 268 g/mol. The second-order valence-electron chi connectivity index (χ2n) is 3.27. The predicted molar refractivity (Wildman–Crippen MR) is 60.6 cm³/mol. The number of hydrogen-bond acceptors (Lipinski definition) is 5. The molecule has 0 atom stereocenters. The summed E-state index contributed by atoms with van der Waals surface area (Å²) < 4.78 is 25.8. The Morgan fingerprint density at radius 3 is 2.78 bits per heavy atom. The fourth-order valence-electron chi connectivity index (χ4n) is 1.19. The van der Waals surface area contributed by atoms with Crippen molar-refractivity contribution in [2.75, 3.05) is 4.72 Å². The summed E-state index contributed by atoms with van der Waals surface area (Å²) in [6, 6.07) is 3.91. The van der Waals surface area contributed by atoms with Crippen LogP contribution in [0.25, 0.3) is 0 Å². The zero-order chi connectivity index (χ0) is 13.2. The summed E-state index contributed by atoms with van der Waals surface area (Å²) in [4.78, 5) is 14.2. The molecule has 8 nitrogen and oxygen atoms in total. The first kappa shape index (κ1) is 12.0. The Morgan fingerprint density at radius 2 is 2.22 bits per heavy atom. The number of aromatic carboxylic acids is 1. The number of aromatic nitrogens is 3. The molecule has 0 unspecified atom stereocenters. The Kier molecular flexibility index (Phi) is 2.98. The van der Waals surface area contributed by atoms with E-state index in [1.807, 2.05) is 0 Å². The van der Waals surface area contributed by atoms with Gasteiger partial charge in [-0.15, -0.1) is 0 Å². The number of pyridine rings is 1. The SMILES string of the molecule is O=C(O)c1cc(NS(=O)(=O)c2cccnc2)n[nH]1. The third kappa shape index (κ3) is 2.46. The third-order valence-corrected chi connectivity index (χ3v) is 3.33. The first-order valence-corrected chi connectivity index (χ1v) is 6.19. The molecule has 3 N–H and O–H groups in total. The smallest absolute Gasteiger partial charge is 0.353 e. The van der Waals surface area contributed by atoms with Gasteiger partial charge in [0, 0.05) is 18.5 Å². The van der Waals surface area contributed by atoms with E-state index in [-0.39, 0.29) is 16.4 Å². The van der Waals surface area contributed by atoms with Gasteiger partial charge in [0.15, 0.2) is 5.82 Å². The molecule has 0 saturated carbocycles. The van der Waals surface area contributed by atoms with Crippen molar-refractivity contribution in [3.63, 3.8) is 0 Å². The van der Waals surface area contributed by atoms with Crippen LogP contribution < -0.4 is 4.72 Å². The van der Waals surface area contributed by atoms with Crippen LogP contribution in [0.15, 0.2) is 35.5 Å². The van der Waals surface area contributed by atoms with Gasteiger partial charge in [-0.3, -0.25) is 14.8 Å². The molecule has 2 rings (SSSR count). The van der Waals surface area contributed by atoms with Gasteiger partial charge in [-0.1, -0.05) is 0 Å². The predicted octanol–water partition coefficient (Wildman–Crippen LogP) is 0.304. The van der Waals surface area contributed by atoms with E-state index in [1.54, 1.807) is 0 Å². The second kappa shape index (κ2) is 4.45. The molecule has 2 aromatic heterocycles. The highest BCUT2D eigenvalue weighted by molar-refractivity contribution is 7.92. The van der Waals surface area contributed by atoms with Gasteiger partial charge in [0.05, 0.1) is 0 Å². The molecule has 18 heavy (non-hydrogen) atoms. The minimum Gasteiger partial charge on any atom is -0.477 e. The first-order valence-electron chi connectivity index (χ1n) is 4.70. The van der Waals surface area contributed by atoms with E-state index in [4.69, 9.17) is 5.11 Å². The Balaban J connectivity index is 2.25. The lowest BCUT2D eigenvalue weighted by molar-refractivity contribution is 0.0690. The van der Waals surface area contributed by atoms with E-state index in [1.165, 1.54) is 24.5 Å². The van der Waals surface area contributed by atoms with Crippen molar-refractivity contribution in [1.82, 2.24) is 15.2 Å². The number of nitrogens with one attached hydrogen (secondary N) is 2. The zero-order valence-corrected chi connectivity index (χ0v) is 9.68. The number of carboxylic acid groups (broad SMARTS) is 1. The van der Waals surface area contributed by atoms with Gasteiger partial charge in [0.2, 0.25) is 0 Å². The molecule has 0 spiro atoms. The number of anilines is 1. The van der Waals surface area contributed by atoms with E-state index in [2.05, 4.69) is 19.9 Å². The number of carbonyl (C=O) groups is 1. The molecule has 0 amide bonds. The van der Waals surface area contributed by atoms with Crippen LogP contribution in [0.3, 0.4) is 0 Å². The van der Waals surface area contributed by atoms with Gasteiger partial charge in [-0.05, 0) is 12.1 Å². The summed E-state index contributed by atoms with van der Waals surface area (Å²) >= 11 is 0. The van der Waals surface area contributed by atoms with E-state index >= 15 is 0 Å². The minimum atomic E-state index is -3.81. The largest absolute Gasteiger partial charge is 0.477 e. The fourth-order valence-corrected chi connectivity index (χ4v) is 2.14. The van der Waals surface area contributed by atoms with Gasteiger partial charge in [0.25, 0.3) is 10.0 Å². The van der Waals surface area contributed by atoms with Crippen molar-refractivity contribution >= 4 is 21.8 Å². The van der Waals surface area contributed by atoms with Crippen LogP contribution >= 0.6 is 0 Å². The Hall–Kier alpha value is -2.42. The van der Waals surface area contributed by atoms with E-state index in [0.717, 1.165) is 6.07 Å². The maximum Gasteiger partial charge on any atom is 0.353 e. The van der Waals surface area contributed by atoms with Gasteiger partial charge in [0.1, 0.15) is 10.6 Å². The molecule has 94 valence electrons. The lowest BCUT2D eigenvalue weighted by Gasteiger charge is -2.03. The van der Waals surface area contributed by atoms with Crippen LogP contribution in [0, 0.1) is 0 Å². The molecule has 0 aliphatic carbocycles. The maximum absolute atomic E-state index is 11.8. The van der Waals surface area contributed by atoms with Crippen LogP contribution in [-0.2, 0) is 10.0 Å². The van der Waals surface area contributed by atoms with Crippen molar-refractivity contribution in [3.05, 3.63) is 36.3 Å². The normalized spacial score (nSPS) is 11.1. The van der Waals surface area contributed by atoms with Crippen molar-refractivity contribution in [2.45, 2.75) is 4.90 Å². The minimum absolute atomic E-state index is 0.0372. The van der Waals surface area contributed by atoms with Crippen LogP contribution in [0.2, 0.25) is 0 Å². The second-order valence-corrected chi connectivity index (χ2v) is 4.95. The molecular formula is C9H8N4O4S. The lowest BCUT2D eigenvalue weighted by Crippen LogP contribution is -2.13. The number of sulfonamides is 1.